The third kappa shape index (κ3) is 5.32. The summed E-state index contributed by atoms with van der Waals surface area (Å²) in [6, 6.07) is 10.6. The predicted molar refractivity (Wildman–Crippen MR) is 123 cm³/mol. The van der Waals surface area contributed by atoms with E-state index in [1.54, 1.807) is 44.7 Å². The number of carbonyl (C=O) groups excluding carboxylic acids is 1. The number of ether oxygens (including phenoxy) is 3. The lowest BCUT2D eigenvalue weighted by atomic mass is 10.1. The molecule has 0 aliphatic heterocycles. The van der Waals surface area contributed by atoms with E-state index in [9.17, 15) is 4.79 Å². The van der Waals surface area contributed by atoms with E-state index in [4.69, 9.17) is 14.2 Å². The van der Waals surface area contributed by atoms with Crippen molar-refractivity contribution in [1.82, 2.24) is 9.97 Å². The van der Waals surface area contributed by atoms with Gasteiger partial charge in [-0.1, -0.05) is 12.6 Å². The van der Waals surface area contributed by atoms with Gasteiger partial charge in [-0.25, -0.2) is 4.98 Å². The molecule has 1 aromatic heterocycles. The molecular formula is C22H21BrN4O4. The van der Waals surface area contributed by atoms with Gasteiger partial charge in [0.25, 0.3) is 0 Å². The SMILES string of the molecule is C=CC(=O)Nc1cccc(Oc2nc(Nc3ccc(OC)c(C)c3OC)ncc2Br)c1. The van der Waals surface area contributed by atoms with Gasteiger partial charge in [-0.05, 0) is 53.2 Å². The van der Waals surface area contributed by atoms with Gasteiger partial charge < -0.3 is 24.8 Å². The average molecular weight is 485 g/mol. The first-order chi connectivity index (χ1) is 14.9. The van der Waals surface area contributed by atoms with E-state index in [1.165, 1.54) is 6.08 Å². The number of amides is 1. The highest BCUT2D eigenvalue weighted by Gasteiger charge is 2.14. The topological polar surface area (TPSA) is 94.6 Å². The van der Waals surface area contributed by atoms with Crippen molar-refractivity contribution in [3.8, 4) is 23.1 Å². The Balaban J connectivity index is 1.85. The molecule has 0 bridgehead atoms. The molecule has 0 atom stereocenters. The monoisotopic (exact) mass is 484 g/mol. The molecule has 0 radical (unpaired) electrons. The van der Waals surface area contributed by atoms with Crippen LogP contribution in [0.5, 0.6) is 23.1 Å². The number of carbonyl (C=O) groups is 1. The van der Waals surface area contributed by atoms with Gasteiger partial charge in [-0.2, -0.15) is 4.98 Å². The maximum Gasteiger partial charge on any atom is 0.247 e. The smallest absolute Gasteiger partial charge is 0.247 e. The molecule has 0 aliphatic rings. The zero-order chi connectivity index (χ0) is 22.4. The van der Waals surface area contributed by atoms with E-state index in [2.05, 4.69) is 43.1 Å². The number of rotatable bonds is 8. The summed E-state index contributed by atoms with van der Waals surface area (Å²) < 4.78 is 17.3. The highest BCUT2D eigenvalue weighted by molar-refractivity contribution is 9.10. The van der Waals surface area contributed by atoms with Gasteiger partial charge in [-0.3, -0.25) is 4.79 Å². The van der Waals surface area contributed by atoms with Gasteiger partial charge >= 0.3 is 0 Å². The third-order valence-electron chi connectivity index (χ3n) is 4.24. The van der Waals surface area contributed by atoms with Crippen LogP contribution >= 0.6 is 15.9 Å². The van der Waals surface area contributed by atoms with Crippen LogP contribution in [0.3, 0.4) is 0 Å². The molecule has 160 valence electrons. The number of hydrogen-bond donors (Lipinski definition) is 2. The van der Waals surface area contributed by atoms with E-state index in [1.807, 2.05) is 19.1 Å². The van der Waals surface area contributed by atoms with Crippen LogP contribution in [0.2, 0.25) is 0 Å². The first-order valence-electron chi connectivity index (χ1n) is 9.17. The number of anilines is 3. The Morgan fingerprint density at radius 2 is 2.00 bits per heavy atom. The second-order valence-corrected chi connectivity index (χ2v) is 7.12. The van der Waals surface area contributed by atoms with Crippen LogP contribution in [0.1, 0.15) is 5.56 Å². The van der Waals surface area contributed by atoms with E-state index in [-0.39, 0.29) is 5.91 Å². The number of nitrogens with zero attached hydrogens (tertiary/aromatic N) is 2. The molecule has 1 amide bonds. The molecule has 0 spiro atoms. The lowest BCUT2D eigenvalue weighted by Gasteiger charge is -2.15. The van der Waals surface area contributed by atoms with Crippen molar-refractivity contribution in [1.29, 1.82) is 0 Å². The molecule has 3 rings (SSSR count). The second kappa shape index (κ2) is 9.94. The molecule has 0 unspecified atom stereocenters. The van der Waals surface area contributed by atoms with Gasteiger partial charge in [0.1, 0.15) is 17.2 Å². The summed E-state index contributed by atoms with van der Waals surface area (Å²) in [4.78, 5) is 20.2. The summed E-state index contributed by atoms with van der Waals surface area (Å²) in [6.07, 6.45) is 2.78. The molecule has 31 heavy (non-hydrogen) atoms. The van der Waals surface area contributed by atoms with Crippen molar-refractivity contribution in [3.63, 3.8) is 0 Å². The zero-order valence-electron chi connectivity index (χ0n) is 17.2. The van der Waals surface area contributed by atoms with Crippen LogP contribution in [-0.4, -0.2) is 30.1 Å². The Kier molecular flexibility index (Phi) is 7.09. The number of nitrogens with one attached hydrogen (secondary N) is 2. The van der Waals surface area contributed by atoms with Crippen LogP contribution in [-0.2, 0) is 4.79 Å². The quantitative estimate of drug-likeness (QED) is 0.422. The van der Waals surface area contributed by atoms with Gasteiger partial charge in [-0.15, -0.1) is 0 Å². The van der Waals surface area contributed by atoms with Crippen molar-refractivity contribution < 1.29 is 19.0 Å². The van der Waals surface area contributed by atoms with Crippen LogP contribution in [0.4, 0.5) is 17.3 Å². The molecule has 0 aliphatic carbocycles. The van der Waals surface area contributed by atoms with Crippen LogP contribution in [0.15, 0.2) is 59.7 Å². The van der Waals surface area contributed by atoms with Crippen LogP contribution < -0.4 is 24.8 Å². The van der Waals surface area contributed by atoms with E-state index in [0.717, 1.165) is 5.56 Å². The highest BCUT2D eigenvalue weighted by Crippen LogP contribution is 2.37. The Morgan fingerprint density at radius 1 is 1.19 bits per heavy atom. The lowest BCUT2D eigenvalue weighted by Crippen LogP contribution is -2.07. The summed E-state index contributed by atoms with van der Waals surface area (Å²) in [5.41, 5.74) is 2.11. The molecule has 1 heterocycles. The normalized spacial score (nSPS) is 10.2. The lowest BCUT2D eigenvalue weighted by molar-refractivity contribution is -0.111. The fourth-order valence-electron chi connectivity index (χ4n) is 2.80. The maximum atomic E-state index is 11.5. The maximum absolute atomic E-state index is 11.5. The van der Waals surface area contributed by atoms with Crippen molar-refractivity contribution in [2.24, 2.45) is 0 Å². The fraction of sp³-hybridized carbons (Fsp3) is 0.136. The number of hydrogen-bond acceptors (Lipinski definition) is 7. The largest absolute Gasteiger partial charge is 0.496 e. The van der Waals surface area contributed by atoms with Crippen LogP contribution in [0, 0.1) is 6.92 Å². The van der Waals surface area contributed by atoms with E-state index in [0.29, 0.717) is 44.9 Å². The van der Waals surface area contributed by atoms with E-state index >= 15 is 0 Å². The van der Waals surface area contributed by atoms with Gasteiger partial charge in [0, 0.05) is 17.3 Å². The van der Waals surface area contributed by atoms with E-state index < -0.39 is 0 Å². The standard InChI is InChI=1S/C22H21BrN4O4/c1-5-19(28)25-14-7-6-8-15(11-14)31-21-16(23)12-24-22(27-21)26-17-9-10-18(29-3)13(2)20(17)30-4/h5-12H,1H2,2-4H3,(H,25,28)(H,24,26,27). The Hall–Kier alpha value is -3.59. The number of methoxy groups -OCH3 is 2. The third-order valence-corrected chi connectivity index (χ3v) is 4.78. The summed E-state index contributed by atoms with van der Waals surface area (Å²) in [6.45, 7) is 5.34. The molecular weight excluding hydrogens is 464 g/mol. The average Bonchev–Trinajstić information content (AvgIpc) is 2.76. The zero-order valence-corrected chi connectivity index (χ0v) is 18.8. The van der Waals surface area contributed by atoms with Crippen LogP contribution in [0.25, 0.3) is 0 Å². The summed E-state index contributed by atoms with van der Waals surface area (Å²) >= 11 is 3.40. The minimum atomic E-state index is -0.310. The highest BCUT2D eigenvalue weighted by atomic mass is 79.9. The molecule has 9 heteroatoms. The van der Waals surface area contributed by atoms with Gasteiger partial charge in [0.05, 0.1) is 30.6 Å². The molecule has 8 nitrogen and oxygen atoms in total. The second-order valence-electron chi connectivity index (χ2n) is 6.27. The minimum Gasteiger partial charge on any atom is -0.496 e. The van der Waals surface area contributed by atoms with Crippen molar-refractivity contribution >= 4 is 39.2 Å². The number of aromatic nitrogens is 2. The summed E-state index contributed by atoms with van der Waals surface area (Å²) in [7, 11) is 3.19. The van der Waals surface area contributed by atoms with Crippen molar-refractivity contribution in [2.45, 2.75) is 6.92 Å². The summed E-state index contributed by atoms with van der Waals surface area (Å²) in [5.74, 6) is 2.14. The molecule has 2 N–H and O–H groups in total. The van der Waals surface area contributed by atoms with Gasteiger partial charge in [0.15, 0.2) is 0 Å². The Labute approximate surface area is 188 Å². The molecule has 3 aromatic rings. The van der Waals surface area contributed by atoms with Crippen molar-refractivity contribution in [2.75, 3.05) is 24.9 Å². The molecule has 0 saturated heterocycles. The molecule has 0 saturated carbocycles. The molecule has 0 fully saturated rings. The first-order valence-corrected chi connectivity index (χ1v) is 9.97. The predicted octanol–water partition coefficient (Wildman–Crippen LogP) is 5.23. The first kappa shape index (κ1) is 22.1. The fourth-order valence-corrected chi connectivity index (χ4v) is 3.07. The Bertz CT molecular complexity index is 1120. The Morgan fingerprint density at radius 3 is 2.71 bits per heavy atom. The number of benzene rings is 2. The molecule has 2 aromatic carbocycles. The summed E-state index contributed by atoms with van der Waals surface area (Å²) in [5, 5.41) is 5.83. The minimum absolute atomic E-state index is 0.300. The van der Waals surface area contributed by atoms with Crippen molar-refractivity contribution in [3.05, 3.63) is 65.3 Å². The number of halogens is 1. The van der Waals surface area contributed by atoms with Gasteiger partial charge in [0.2, 0.25) is 17.7 Å².